The van der Waals surface area contributed by atoms with Crippen molar-refractivity contribution in [3.05, 3.63) is 12.3 Å². The van der Waals surface area contributed by atoms with Crippen LogP contribution in [-0.4, -0.2) is 72.2 Å². The van der Waals surface area contributed by atoms with E-state index in [2.05, 4.69) is 0 Å². The Morgan fingerprint density at radius 1 is 0.850 bits per heavy atom. The predicted molar refractivity (Wildman–Crippen MR) is 77.1 cm³/mol. The van der Waals surface area contributed by atoms with Gasteiger partial charge in [0.25, 0.3) is 0 Å². The van der Waals surface area contributed by atoms with Crippen LogP contribution in [0.4, 0.5) is 0 Å². The summed E-state index contributed by atoms with van der Waals surface area (Å²) in [6.07, 6.45) is 0. The Morgan fingerprint density at radius 3 is 1.10 bits per heavy atom. The van der Waals surface area contributed by atoms with E-state index in [0.717, 1.165) is 13.1 Å². The molecule has 0 aliphatic carbocycles. The summed E-state index contributed by atoms with van der Waals surface area (Å²) in [5.41, 5.74) is 0. The number of aliphatic carboxylic acids is 2. The average molecular weight is 341 g/mol. The largest absolute Gasteiger partial charge is 4.00 e. The standard InChI is InChI=1S/2C5H11NO2.Fe.2H2N.H2O/c2*1-3-6(2)4-5(7)8;;;;/h2*3-4H2,1-2H3,(H,7,8);;3*1H2/q;;+4;2*-1;/p+1. The van der Waals surface area contributed by atoms with E-state index in [-0.39, 0.29) is 47.9 Å². The minimum absolute atomic E-state index is 0. The van der Waals surface area contributed by atoms with Crippen molar-refractivity contribution in [2.75, 3.05) is 40.3 Å². The molecule has 0 radical (unpaired) electrons. The maximum absolute atomic E-state index is 9.93. The molecule has 0 bridgehead atoms. The third-order valence-corrected chi connectivity index (χ3v) is 1.89. The second-order valence-corrected chi connectivity index (χ2v) is 3.45. The van der Waals surface area contributed by atoms with E-state index in [4.69, 9.17) is 10.2 Å². The molecule has 124 valence electrons. The summed E-state index contributed by atoms with van der Waals surface area (Å²) in [6, 6.07) is 0. The second kappa shape index (κ2) is 23.4. The summed E-state index contributed by atoms with van der Waals surface area (Å²) in [6.45, 7) is 5.68. The molecule has 0 aromatic rings. The van der Waals surface area contributed by atoms with Crippen LogP contribution < -0.4 is 0 Å². The normalized spacial score (nSPS) is 7.90. The van der Waals surface area contributed by atoms with E-state index in [1.165, 1.54) is 0 Å². The van der Waals surface area contributed by atoms with Crippen molar-refractivity contribution in [1.82, 2.24) is 9.80 Å². The Balaban J connectivity index is -0.0000000408. The number of nitrogens with two attached hydrogens (primary N) is 2. The summed E-state index contributed by atoms with van der Waals surface area (Å²) in [5, 5.41) is 16.3. The molecule has 0 heterocycles. The smallest absolute Gasteiger partial charge is 0.693 e. The molecular weight excluding hydrogens is 312 g/mol. The summed E-state index contributed by atoms with van der Waals surface area (Å²) >= 11 is 0. The van der Waals surface area contributed by atoms with Crippen molar-refractivity contribution < 1.29 is 42.3 Å². The Bertz CT molecular complexity index is 200. The number of carboxylic acid groups (broad SMARTS) is 2. The van der Waals surface area contributed by atoms with Gasteiger partial charge < -0.3 is 28.0 Å². The number of rotatable bonds is 6. The third-order valence-electron chi connectivity index (χ3n) is 1.89. The van der Waals surface area contributed by atoms with Crippen LogP contribution in [-0.2, 0) is 32.1 Å². The first-order valence-corrected chi connectivity index (χ1v) is 5.14. The molecule has 0 aromatic heterocycles. The van der Waals surface area contributed by atoms with Crippen molar-refractivity contribution in [3.8, 4) is 0 Å². The van der Waals surface area contributed by atoms with Crippen molar-refractivity contribution in [1.29, 1.82) is 0 Å². The number of likely N-dealkylation sites (N-methyl/N-ethyl adjacent to an activating group) is 2. The Labute approximate surface area is 131 Å². The van der Waals surface area contributed by atoms with E-state index in [0.29, 0.717) is 0 Å². The van der Waals surface area contributed by atoms with E-state index >= 15 is 0 Å². The van der Waals surface area contributed by atoms with Gasteiger partial charge in [0.2, 0.25) is 0 Å². The average Bonchev–Trinajstić information content (AvgIpc) is 2.16. The summed E-state index contributed by atoms with van der Waals surface area (Å²) in [5.74, 6) is -1.54. The van der Waals surface area contributed by atoms with Crippen molar-refractivity contribution in [3.63, 3.8) is 0 Å². The monoisotopic (exact) mass is 341 g/mol. The van der Waals surface area contributed by atoms with Crippen LogP contribution in [0, 0.1) is 0 Å². The Hall–Kier alpha value is -0.741. The van der Waals surface area contributed by atoms with E-state index in [1.54, 1.807) is 23.9 Å². The Morgan fingerprint density at radius 2 is 1.05 bits per heavy atom. The molecule has 0 aliphatic heterocycles. The number of carbonyl (C=O) groups is 2. The topological polar surface area (TPSA) is 181 Å². The van der Waals surface area contributed by atoms with Crippen LogP contribution in [0.2, 0.25) is 0 Å². The van der Waals surface area contributed by atoms with Crippen LogP contribution in [0.3, 0.4) is 0 Å². The first-order valence-electron chi connectivity index (χ1n) is 5.14. The van der Waals surface area contributed by atoms with Crippen LogP contribution >= 0.6 is 0 Å². The fourth-order valence-electron chi connectivity index (χ4n) is 0.685. The van der Waals surface area contributed by atoms with Crippen molar-refractivity contribution in [2.45, 2.75) is 13.8 Å². The minimum Gasteiger partial charge on any atom is -0.693 e. The summed E-state index contributed by atoms with van der Waals surface area (Å²) < 4.78 is 0. The zero-order valence-corrected chi connectivity index (χ0v) is 13.6. The third kappa shape index (κ3) is 36.0. The van der Waals surface area contributed by atoms with E-state index in [9.17, 15) is 9.59 Å². The molecule has 9 nitrogen and oxygen atoms in total. The van der Waals surface area contributed by atoms with E-state index in [1.807, 2.05) is 13.8 Å². The number of carboxylic acids is 2. The summed E-state index contributed by atoms with van der Waals surface area (Å²) in [7, 11) is 3.54. The van der Waals surface area contributed by atoms with Gasteiger partial charge in [0.05, 0.1) is 13.1 Å². The summed E-state index contributed by atoms with van der Waals surface area (Å²) in [4.78, 5) is 23.3. The minimum atomic E-state index is -0.769. The number of hydrogen-bond donors (Lipinski definition) is 2. The quantitative estimate of drug-likeness (QED) is 0.525. The molecule has 0 saturated carbocycles. The maximum atomic E-state index is 9.93. The molecule has 0 spiro atoms. The van der Waals surface area contributed by atoms with E-state index < -0.39 is 11.9 Å². The van der Waals surface area contributed by atoms with Crippen molar-refractivity contribution in [2.24, 2.45) is 0 Å². The molecule has 0 atom stereocenters. The van der Waals surface area contributed by atoms with Crippen LogP contribution in [0.5, 0.6) is 0 Å². The molecule has 20 heavy (non-hydrogen) atoms. The Kier molecular flexibility index (Phi) is 42.7. The molecule has 0 fully saturated rings. The first-order chi connectivity index (χ1) is 7.33. The molecule has 10 heteroatoms. The van der Waals surface area contributed by atoms with Gasteiger partial charge in [-0.15, -0.1) is 0 Å². The van der Waals surface area contributed by atoms with Crippen LogP contribution in [0.1, 0.15) is 13.8 Å². The van der Waals surface area contributed by atoms with Gasteiger partial charge in [0.1, 0.15) is 0 Å². The molecule has 9 N–H and O–H groups in total. The van der Waals surface area contributed by atoms with Gasteiger partial charge in [-0.25, -0.2) is 0 Å². The predicted octanol–water partition coefficient (Wildman–Crippen LogP) is 0.555. The first kappa shape index (κ1) is 36.5. The van der Waals surface area contributed by atoms with Gasteiger partial charge in [0, 0.05) is 0 Å². The van der Waals surface area contributed by atoms with Gasteiger partial charge >= 0.3 is 29.0 Å². The fraction of sp³-hybridized carbons (Fsp3) is 0.800. The van der Waals surface area contributed by atoms with Crippen LogP contribution in [0.25, 0.3) is 12.3 Å². The van der Waals surface area contributed by atoms with Crippen molar-refractivity contribution >= 4 is 11.9 Å². The molecular formula is C10H29FeN4O5+3. The van der Waals surface area contributed by atoms with Gasteiger partial charge in [0.15, 0.2) is 0 Å². The van der Waals surface area contributed by atoms with Gasteiger partial charge in [-0.05, 0) is 27.2 Å². The number of nitrogens with zero attached hydrogens (tertiary/aromatic N) is 2. The van der Waals surface area contributed by atoms with Gasteiger partial charge in [-0.1, -0.05) is 13.8 Å². The zero-order chi connectivity index (χ0) is 13.1. The van der Waals surface area contributed by atoms with Gasteiger partial charge in [-0.3, -0.25) is 19.4 Å². The molecule has 0 unspecified atom stereocenters. The number of hydrogen-bond acceptors (Lipinski definition) is 4. The molecule has 0 rings (SSSR count). The molecule has 0 aliphatic rings. The maximum Gasteiger partial charge on any atom is 4.00 e. The second-order valence-electron chi connectivity index (χ2n) is 3.45. The SMILES string of the molecule is CCN(C)CC(=O)O.CCN(C)CC(=O)O.[Fe+4].[NH2-].[NH2-].[OH3+]. The molecule has 0 saturated heterocycles. The molecule has 0 aromatic carbocycles. The zero-order valence-electron chi connectivity index (χ0n) is 12.5. The van der Waals surface area contributed by atoms with Crippen LogP contribution in [0.15, 0.2) is 0 Å². The van der Waals surface area contributed by atoms with Gasteiger partial charge in [-0.2, -0.15) is 0 Å². The molecule has 0 amide bonds. The fourth-order valence-corrected chi connectivity index (χ4v) is 0.685.